The number of hydrogen-bond donors (Lipinski definition) is 1. The number of phenolic OH excluding ortho intramolecular Hbond substituents is 1. The number of sulfonamides is 1. The van der Waals surface area contributed by atoms with Crippen molar-refractivity contribution in [3.05, 3.63) is 89.5 Å². The van der Waals surface area contributed by atoms with Crippen LogP contribution in [0.3, 0.4) is 0 Å². The summed E-state index contributed by atoms with van der Waals surface area (Å²) >= 11 is 5.86. The zero-order chi connectivity index (χ0) is 24.5. The van der Waals surface area contributed by atoms with Gasteiger partial charge in [-0.25, -0.2) is 8.42 Å². The molecule has 0 aromatic heterocycles. The Bertz CT molecular complexity index is 1340. The molecule has 176 valence electrons. The molecule has 1 atom stereocenters. The average Bonchev–Trinajstić information content (AvgIpc) is 3.01. The highest BCUT2D eigenvalue weighted by atomic mass is 32.2. The number of fused-ring (bicyclic) bond motifs is 1. The Labute approximate surface area is 204 Å². The Morgan fingerprint density at radius 3 is 2.35 bits per heavy atom. The summed E-state index contributed by atoms with van der Waals surface area (Å²) < 4.78 is 33.5. The molecule has 1 aliphatic heterocycles. The van der Waals surface area contributed by atoms with E-state index in [1.54, 1.807) is 4.90 Å². The average molecular weight is 497 g/mol. The maximum absolute atomic E-state index is 13.7. The number of thiocarbonyl (C=S) groups is 1. The van der Waals surface area contributed by atoms with Crippen molar-refractivity contribution in [2.24, 2.45) is 0 Å². The minimum Gasteiger partial charge on any atom is -0.508 e. The standard InChI is InChI=1S/C25H24N2O5S2/c1-17-7-3-5-9-21(17)24(33)26-16-23(25(29)32-2)27(15-18-8-4-6-10-22(18)26)34(30,31)20-13-11-19(28)12-14-20/h3-14,23,28H,15-16H2,1-2H3. The molecule has 0 aliphatic carbocycles. The van der Waals surface area contributed by atoms with Crippen LogP contribution in [0.4, 0.5) is 5.69 Å². The minimum atomic E-state index is -4.12. The number of carbonyl (C=O) groups is 1. The quantitative estimate of drug-likeness (QED) is 0.436. The predicted octanol–water partition coefficient (Wildman–Crippen LogP) is 3.63. The second kappa shape index (κ2) is 9.54. The molecule has 0 saturated carbocycles. The van der Waals surface area contributed by atoms with E-state index in [2.05, 4.69) is 0 Å². The van der Waals surface area contributed by atoms with Gasteiger partial charge in [0.2, 0.25) is 10.0 Å². The molecule has 1 aliphatic rings. The van der Waals surface area contributed by atoms with E-state index in [-0.39, 0.29) is 23.7 Å². The third-order valence-corrected chi connectivity index (χ3v) is 8.16. The van der Waals surface area contributed by atoms with Gasteiger partial charge < -0.3 is 14.7 Å². The van der Waals surface area contributed by atoms with Crippen molar-refractivity contribution >= 4 is 38.9 Å². The van der Waals surface area contributed by atoms with Crippen molar-refractivity contribution in [2.45, 2.75) is 24.4 Å². The maximum Gasteiger partial charge on any atom is 0.326 e. The van der Waals surface area contributed by atoms with E-state index in [0.717, 1.165) is 21.1 Å². The normalized spacial score (nSPS) is 16.4. The summed E-state index contributed by atoms with van der Waals surface area (Å²) in [6.45, 7) is 1.88. The van der Waals surface area contributed by atoms with Crippen LogP contribution in [0.5, 0.6) is 5.75 Å². The van der Waals surface area contributed by atoms with Gasteiger partial charge in [0.1, 0.15) is 16.8 Å². The van der Waals surface area contributed by atoms with Gasteiger partial charge in [-0.3, -0.25) is 4.79 Å². The van der Waals surface area contributed by atoms with Gasteiger partial charge in [0.05, 0.1) is 18.6 Å². The fraction of sp³-hybridized carbons (Fsp3) is 0.200. The molecule has 0 amide bonds. The van der Waals surface area contributed by atoms with Crippen LogP contribution in [0.1, 0.15) is 16.7 Å². The lowest BCUT2D eigenvalue weighted by molar-refractivity contribution is -0.144. The summed E-state index contributed by atoms with van der Waals surface area (Å²) in [7, 11) is -2.89. The van der Waals surface area contributed by atoms with Gasteiger partial charge in [0, 0.05) is 17.8 Å². The van der Waals surface area contributed by atoms with E-state index in [9.17, 15) is 18.3 Å². The molecule has 3 aromatic rings. The zero-order valence-electron chi connectivity index (χ0n) is 18.7. The van der Waals surface area contributed by atoms with E-state index in [1.165, 1.54) is 31.4 Å². The third-order valence-electron chi connectivity index (χ3n) is 5.85. The van der Waals surface area contributed by atoms with Crippen molar-refractivity contribution in [1.82, 2.24) is 4.31 Å². The van der Waals surface area contributed by atoms with Crippen LogP contribution in [0.2, 0.25) is 0 Å². The van der Waals surface area contributed by atoms with E-state index in [1.807, 2.05) is 55.5 Å². The first-order chi connectivity index (χ1) is 16.2. The molecule has 1 heterocycles. The fourth-order valence-corrected chi connectivity index (χ4v) is 5.98. The Morgan fingerprint density at radius 2 is 1.68 bits per heavy atom. The van der Waals surface area contributed by atoms with Crippen molar-refractivity contribution in [1.29, 1.82) is 0 Å². The van der Waals surface area contributed by atoms with Crippen LogP contribution < -0.4 is 4.90 Å². The number of esters is 1. The molecule has 1 N–H and O–H groups in total. The van der Waals surface area contributed by atoms with E-state index in [0.29, 0.717) is 10.6 Å². The summed E-state index contributed by atoms with van der Waals surface area (Å²) in [6, 6.07) is 19.1. The summed E-state index contributed by atoms with van der Waals surface area (Å²) in [5, 5.41) is 9.61. The van der Waals surface area contributed by atoms with Crippen molar-refractivity contribution in [3.8, 4) is 5.75 Å². The first-order valence-corrected chi connectivity index (χ1v) is 12.4. The predicted molar refractivity (Wildman–Crippen MR) is 133 cm³/mol. The maximum atomic E-state index is 13.7. The number of methoxy groups -OCH3 is 1. The lowest BCUT2D eigenvalue weighted by Gasteiger charge is -2.30. The van der Waals surface area contributed by atoms with Crippen LogP contribution in [0, 0.1) is 6.92 Å². The van der Waals surface area contributed by atoms with Gasteiger partial charge in [0.25, 0.3) is 0 Å². The van der Waals surface area contributed by atoms with Gasteiger partial charge in [-0.15, -0.1) is 0 Å². The van der Waals surface area contributed by atoms with Gasteiger partial charge in [-0.1, -0.05) is 54.7 Å². The number of aryl methyl sites for hydroxylation is 1. The highest BCUT2D eigenvalue weighted by Gasteiger charge is 2.41. The Morgan fingerprint density at radius 1 is 1.03 bits per heavy atom. The first-order valence-electron chi connectivity index (χ1n) is 10.6. The van der Waals surface area contributed by atoms with Gasteiger partial charge in [-0.05, 0) is 48.4 Å². The molecule has 7 nitrogen and oxygen atoms in total. The zero-order valence-corrected chi connectivity index (χ0v) is 20.3. The number of rotatable bonds is 4. The molecule has 0 spiro atoms. The summed E-state index contributed by atoms with van der Waals surface area (Å²) in [5.74, 6) is -0.743. The van der Waals surface area contributed by atoms with Crippen LogP contribution >= 0.6 is 12.2 Å². The monoisotopic (exact) mass is 496 g/mol. The van der Waals surface area contributed by atoms with Crippen LogP contribution in [0.25, 0.3) is 0 Å². The molecule has 0 bridgehead atoms. The minimum absolute atomic E-state index is 0.0197. The lowest BCUT2D eigenvalue weighted by atomic mass is 10.1. The number of anilines is 1. The van der Waals surface area contributed by atoms with Crippen LogP contribution in [-0.4, -0.2) is 48.5 Å². The lowest BCUT2D eigenvalue weighted by Crippen LogP contribution is -2.50. The molecular weight excluding hydrogens is 472 g/mol. The summed E-state index contributed by atoms with van der Waals surface area (Å²) in [5.41, 5.74) is 3.23. The van der Waals surface area contributed by atoms with Gasteiger partial charge >= 0.3 is 5.97 Å². The largest absolute Gasteiger partial charge is 0.508 e. The number of ether oxygens (including phenoxy) is 1. The van der Waals surface area contributed by atoms with E-state index in [4.69, 9.17) is 17.0 Å². The molecular formula is C25H24N2O5S2. The highest BCUT2D eigenvalue weighted by Crippen LogP contribution is 2.33. The first kappa shape index (κ1) is 23.9. The SMILES string of the molecule is COC(=O)C1CN(C(=S)c2ccccc2C)c2ccccc2CN1S(=O)(=O)c1ccc(O)cc1. The smallest absolute Gasteiger partial charge is 0.326 e. The third kappa shape index (κ3) is 4.42. The van der Waals surface area contributed by atoms with Gasteiger partial charge in [-0.2, -0.15) is 4.31 Å². The second-order valence-electron chi connectivity index (χ2n) is 7.94. The van der Waals surface area contributed by atoms with Crippen LogP contribution in [-0.2, 0) is 26.1 Å². The number of carbonyl (C=O) groups excluding carboxylic acids is 1. The molecule has 3 aromatic carbocycles. The summed E-state index contributed by atoms with van der Waals surface area (Å²) in [4.78, 5) is 15.2. The summed E-state index contributed by atoms with van der Waals surface area (Å²) in [6.07, 6.45) is 0. The molecule has 4 rings (SSSR count). The Kier molecular flexibility index (Phi) is 6.70. The number of nitrogens with zero attached hydrogens (tertiary/aromatic N) is 2. The van der Waals surface area contributed by atoms with Gasteiger partial charge in [0.15, 0.2) is 0 Å². The van der Waals surface area contributed by atoms with Crippen LogP contribution in [0.15, 0.2) is 77.7 Å². The van der Waals surface area contributed by atoms with E-state index < -0.39 is 22.0 Å². The van der Waals surface area contributed by atoms with Crippen molar-refractivity contribution in [2.75, 3.05) is 18.6 Å². The molecule has 1 unspecified atom stereocenters. The number of hydrogen-bond acceptors (Lipinski definition) is 6. The molecule has 0 fully saturated rings. The topological polar surface area (TPSA) is 87.2 Å². The number of aromatic hydroxyl groups is 1. The molecule has 0 saturated heterocycles. The number of para-hydroxylation sites is 1. The Balaban J connectivity index is 1.86. The second-order valence-corrected chi connectivity index (χ2v) is 10.2. The molecule has 0 radical (unpaired) electrons. The molecule has 34 heavy (non-hydrogen) atoms. The number of phenols is 1. The highest BCUT2D eigenvalue weighted by molar-refractivity contribution is 7.89. The van der Waals surface area contributed by atoms with Crippen molar-refractivity contribution < 1.29 is 23.1 Å². The van der Waals surface area contributed by atoms with Crippen molar-refractivity contribution in [3.63, 3.8) is 0 Å². The van der Waals surface area contributed by atoms with E-state index >= 15 is 0 Å². The molecule has 9 heteroatoms. The number of benzene rings is 3. The Hall–Kier alpha value is -3.27. The fourth-order valence-electron chi connectivity index (χ4n) is 4.03.